The van der Waals surface area contributed by atoms with Gasteiger partial charge in [0.05, 0.1) is 5.69 Å². The molecular weight excluding hydrogens is 154 g/mol. The summed E-state index contributed by atoms with van der Waals surface area (Å²) in [5.41, 5.74) is 1.26. The Morgan fingerprint density at radius 3 is 3.09 bits per heavy atom. The number of hydrogen-bond acceptors (Lipinski definition) is 2. The summed E-state index contributed by atoms with van der Waals surface area (Å²) >= 11 is 1.66. The van der Waals surface area contributed by atoms with E-state index in [0.717, 1.165) is 10.9 Å². The standard InChI is InChI=1S/C9H9NS/c1-2-3-9-10-8(6-11-9)7-4-5-7/h6-7H,4-5H2,1H3. The highest BCUT2D eigenvalue weighted by Crippen LogP contribution is 2.39. The van der Waals surface area contributed by atoms with Gasteiger partial charge in [-0.05, 0) is 25.7 Å². The molecule has 0 bridgehead atoms. The molecule has 0 amide bonds. The van der Waals surface area contributed by atoms with Gasteiger partial charge in [0.15, 0.2) is 5.01 Å². The summed E-state index contributed by atoms with van der Waals surface area (Å²) in [7, 11) is 0. The van der Waals surface area contributed by atoms with Crippen LogP contribution in [-0.4, -0.2) is 4.98 Å². The van der Waals surface area contributed by atoms with Crippen LogP contribution in [0.1, 0.15) is 36.4 Å². The summed E-state index contributed by atoms with van der Waals surface area (Å²) in [6.45, 7) is 1.85. The largest absolute Gasteiger partial charge is 0.232 e. The van der Waals surface area contributed by atoms with Crippen LogP contribution in [0.2, 0.25) is 0 Å². The van der Waals surface area contributed by atoms with Crippen LogP contribution in [0.4, 0.5) is 0 Å². The molecule has 2 rings (SSSR count). The van der Waals surface area contributed by atoms with E-state index < -0.39 is 0 Å². The van der Waals surface area contributed by atoms with E-state index in [-0.39, 0.29) is 0 Å². The monoisotopic (exact) mass is 163 g/mol. The molecule has 56 valence electrons. The highest BCUT2D eigenvalue weighted by atomic mass is 32.1. The van der Waals surface area contributed by atoms with E-state index in [9.17, 15) is 0 Å². The van der Waals surface area contributed by atoms with Crippen molar-refractivity contribution in [2.45, 2.75) is 25.7 Å². The minimum Gasteiger partial charge on any atom is -0.232 e. The molecule has 1 heterocycles. The van der Waals surface area contributed by atoms with E-state index in [1.54, 1.807) is 11.3 Å². The third kappa shape index (κ3) is 1.44. The van der Waals surface area contributed by atoms with Gasteiger partial charge in [-0.3, -0.25) is 0 Å². The Labute approximate surface area is 70.5 Å². The van der Waals surface area contributed by atoms with Gasteiger partial charge in [0.25, 0.3) is 0 Å². The fourth-order valence-electron chi connectivity index (χ4n) is 1.02. The maximum absolute atomic E-state index is 4.41. The molecule has 1 aliphatic carbocycles. The maximum Gasteiger partial charge on any atom is 0.167 e. The van der Waals surface area contributed by atoms with Gasteiger partial charge in [-0.1, -0.05) is 5.92 Å². The van der Waals surface area contributed by atoms with Crippen LogP contribution in [-0.2, 0) is 0 Å². The summed E-state index contributed by atoms with van der Waals surface area (Å²) in [6.07, 6.45) is 2.64. The maximum atomic E-state index is 4.41. The molecule has 1 aromatic rings. The second-order valence-electron chi connectivity index (χ2n) is 2.73. The Bertz CT molecular complexity index is 312. The molecule has 0 aliphatic heterocycles. The summed E-state index contributed by atoms with van der Waals surface area (Å²) < 4.78 is 0. The molecular formula is C9H9NS. The first-order valence-corrected chi connectivity index (χ1v) is 4.66. The Morgan fingerprint density at radius 1 is 1.64 bits per heavy atom. The SMILES string of the molecule is CC#Cc1nc(C2CC2)cs1. The Hall–Kier alpha value is -0.810. The van der Waals surface area contributed by atoms with Crippen LogP contribution in [0.5, 0.6) is 0 Å². The average Bonchev–Trinajstić information content (AvgIpc) is 2.75. The lowest BCUT2D eigenvalue weighted by Gasteiger charge is -1.82. The molecule has 0 atom stereocenters. The van der Waals surface area contributed by atoms with Crippen LogP contribution in [0.15, 0.2) is 5.38 Å². The van der Waals surface area contributed by atoms with E-state index >= 15 is 0 Å². The summed E-state index contributed by atoms with van der Waals surface area (Å²) in [6, 6.07) is 0. The van der Waals surface area contributed by atoms with Crippen LogP contribution >= 0.6 is 11.3 Å². The van der Waals surface area contributed by atoms with Crippen molar-refractivity contribution in [3.05, 3.63) is 16.1 Å². The van der Waals surface area contributed by atoms with E-state index in [0.29, 0.717) is 0 Å². The molecule has 0 radical (unpaired) electrons. The van der Waals surface area contributed by atoms with Gasteiger partial charge < -0.3 is 0 Å². The molecule has 1 fully saturated rings. The number of thiazole rings is 1. The zero-order valence-corrected chi connectivity index (χ0v) is 7.24. The van der Waals surface area contributed by atoms with Crippen LogP contribution in [0.3, 0.4) is 0 Å². The predicted octanol–water partition coefficient (Wildman–Crippen LogP) is 2.39. The van der Waals surface area contributed by atoms with Crippen molar-refractivity contribution >= 4 is 11.3 Å². The van der Waals surface area contributed by atoms with Crippen molar-refractivity contribution in [3.63, 3.8) is 0 Å². The topological polar surface area (TPSA) is 12.9 Å². The van der Waals surface area contributed by atoms with Gasteiger partial charge in [0.2, 0.25) is 0 Å². The Balaban J connectivity index is 2.22. The highest BCUT2D eigenvalue weighted by molar-refractivity contribution is 7.10. The van der Waals surface area contributed by atoms with E-state index in [2.05, 4.69) is 22.2 Å². The van der Waals surface area contributed by atoms with Crippen molar-refractivity contribution in [2.24, 2.45) is 0 Å². The van der Waals surface area contributed by atoms with Gasteiger partial charge in [0.1, 0.15) is 0 Å². The van der Waals surface area contributed by atoms with Crippen molar-refractivity contribution in [2.75, 3.05) is 0 Å². The summed E-state index contributed by atoms with van der Waals surface area (Å²) in [5.74, 6) is 6.59. The van der Waals surface area contributed by atoms with Crippen molar-refractivity contribution < 1.29 is 0 Å². The fourth-order valence-corrected chi connectivity index (χ4v) is 1.81. The Morgan fingerprint density at radius 2 is 2.45 bits per heavy atom. The third-order valence-corrected chi connectivity index (χ3v) is 2.53. The molecule has 1 nitrogen and oxygen atoms in total. The van der Waals surface area contributed by atoms with Crippen molar-refractivity contribution in [1.29, 1.82) is 0 Å². The molecule has 0 unspecified atom stereocenters. The molecule has 0 saturated heterocycles. The average molecular weight is 163 g/mol. The summed E-state index contributed by atoms with van der Waals surface area (Å²) in [4.78, 5) is 4.41. The van der Waals surface area contributed by atoms with E-state index in [1.807, 2.05) is 6.92 Å². The lowest BCUT2D eigenvalue weighted by atomic mass is 10.3. The van der Waals surface area contributed by atoms with Crippen molar-refractivity contribution in [3.8, 4) is 11.8 Å². The van der Waals surface area contributed by atoms with Crippen LogP contribution < -0.4 is 0 Å². The molecule has 0 N–H and O–H groups in total. The number of hydrogen-bond donors (Lipinski definition) is 0. The fraction of sp³-hybridized carbons (Fsp3) is 0.444. The van der Waals surface area contributed by atoms with E-state index in [1.165, 1.54) is 18.5 Å². The number of aromatic nitrogens is 1. The predicted molar refractivity (Wildman–Crippen MR) is 46.6 cm³/mol. The molecule has 11 heavy (non-hydrogen) atoms. The van der Waals surface area contributed by atoms with E-state index in [4.69, 9.17) is 0 Å². The lowest BCUT2D eigenvalue weighted by molar-refractivity contribution is 1.05. The first kappa shape index (κ1) is 6.87. The van der Waals surface area contributed by atoms with Crippen LogP contribution in [0.25, 0.3) is 0 Å². The van der Waals surface area contributed by atoms with Gasteiger partial charge in [0, 0.05) is 11.3 Å². The van der Waals surface area contributed by atoms with Gasteiger partial charge in [-0.15, -0.1) is 11.3 Å². The van der Waals surface area contributed by atoms with Gasteiger partial charge >= 0.3 is 0 Å². The lowest BCUT2D eigenvalue weighted by Crippen LogP contribution is -1.77. The minimum absolute atomic E-state index is 0.763. The normalized spacial score (nSPS) is 15.7. The number of rotatable bonds is 1. The van der Waals surface area contributed by atoms with Crippen LogP contribution in [0, 0.1) is 11.8 Å². The molecule has 1 aliphatic rings. The number of nitrogens with zero attached hydrogens (tertiary/aromatic N) is 1. The molecule has 0 spiro atoms. The first-order valence-electron chi connectivity index (χ1n) is 3.78. The zero-order valence-electron chi connectivity index (χ0n) is 6.42. The summed E-state index contributed by atoms with van der Waals surface area (Å²) in [5, 5.41) is 3.10. The highest BCUT2D eigenvalue weighted by Gasteiger charge is 2.25. The third-order valence-electron chi connectivity index (χ3n) is 1.75. The quantitative estimate of drug-likeness (QED) is 0.579. The minimum atomic E-state index is 0.763. The first-order chi connectivity index (χ1) is 5.40. The molecule has 0 aromatic carbocycles. The Kier molecular flexibility index (Phi) is 1.67. The second-order valence-corrected chi connectivity index (χ2v) is 3.58. The molecule has 2 heteroatoms. The molecule has 1 saturated carbocycles. The van der Waals surface area contributed by atoms with Gasteiger partial charge in [-0.25, -0.2) is 4.98 Å². The zero-order chi connectivity index (χ0) is 7.68. The smallest absolute Gasteiger partial charge is 0.167 e. The molecule has 1 aromatic heterocycles. The van der Waals surface area contributed by atoms with Gasteiger partial charge in [-0.2, -0.15) is 0 Å². The van der Waals surface area contributed by atoms with Crippen molar-refractivity contribution in [1.82, 2.24) is 4.98 Å². The second kappa shape index (κ2) is 2.67.